The van der Waals surface area contributed by atoms with Gasteiger partial charge in [0.15, 0.2) is 0 Å². The van der Waals surface area contributed by atoms with Crippen LogP contribution < -0.4 is 4.90 Å². The molecule has 0 radical (unpaired) electrons. The van der Waals surface area contributed by atoms with Gasteiger partial charge in [0.25, 0.3) is 5.69 Å². The molecule has 3 heterocycles. The first-order valence-corrected chi connectivity index (χ1v) is 8.80. The predicted octanol–water partition coefficient (Wildman–Crippen LogP) is 0.898. The Morgan fingerprint density at radius 3 is 2.19 bits per heavy atom. The Morgan fingerprint density at radius 2 is 1.63 bits per heavy atom. The van der Waals surface area contributed by atoms with E-state index < -0.39 is 34.9 Å². The Balaban J connectivity index is 1.40. The Hall–Kier alpha value is -2.94. The number of hydrogen-bond donors (Lipinski definition) is 1. The SMILES string of the molecule is O=C(O)C1C2C=CC(O2)C1C(=O)N1CCN(c2ccc([N+](=O)[O-])cc2)CC1. The summed E-state index contributed by atoms with van der Waals surface area (Å²) in [6.45, 7) is 2.11. The van der Waals surface area contributed by atoms with E-state index in [1.807, 2.05) is 0 Å². The third kappa shape index (κ3) is 3.03. The summed E-state index contributed by atoms with van der Waals surface area (Å²) >= 11 is 0. The zero-order chi connectivity index (χ0) is 19.1. The normalized spacial score (nSPS) is 29.2. The summed E-state index contributed by atoms with van der Waals surface area (Å²) < 4.78 is 5.59. The molecule has 4 unspecified atom stereocenters. The van der Waals surface area contributed by atoms with Crippen molar-refractivity contribution in [3.05, 3.63) is 46.5 Å². The lowest BCUT2D eigenvalue weighted by Crippen LogP contribution is -2.53. The zero-order valence-electron chi connectivity index (χ0n) is 14.4. The van der Waals surface area contributed by atoms with E-state index in [0.717, 1.165) is 5.69 Å². The fourth-order valence-corrected chi connectivity index (χ4v) is 4.08. The summed E-state index contributed by atoms with van der Waals surface area (Å²) in [5.74, 6) is -2.69. The van der Waals surface area contributed by atoms with Crippen LogP contribution in [0.1, 0.15) is 0 Å². The van der Waals surface area contributed by atoms with Gasteiger partial charge < -0.3 is 19.6 Å². The van der Waals surface area contributed by atoms with E-state index in [1.54, 1.807) is 29.2 Å². The van der Waals surface area contributed by atoms with Gasteiger partial charge in [-0.3, -0.25) is 19.7 Å². The lowest BCUT2D eigenvalue weighted by molar-refractivity contribution is -0.384. The van der Waals surface area contributed by atoms with Crippen LogP contribution in [0.5, 0.6) is 0 Å². The highest BCUT2D eigenvalue weighted by molar-refractivity contribution is 5.87. The number of carboxylic acids is 1. The second-order valence-electron chi connectivity index (χ2n) is 6.93. The molecule has 4 rings (SSSR count). The van der Waals surface area contributed by atoms with Crippen molar-refractivity contribution in [2.75, 3.05) is 31.1 Å². The van der Waals surface area contributed by atoms with Gasteiger partial charge in [-0.1, -0.05) is 12.2 Å². The minimum absolute atomic E-state index is 0.0385. The number of nitrogens with zero attached hydrogens (tertiary/aromatic N) is 3. The number of anilines is 1. The fraction of sp³-hybridized carbons (Fsp3) is 0.444. The van der Waals surface area contributed by atoms with E-state index in [4.69, 9.17) is 4.74 Å². The molecule has 0 spiro atoms. The number of carboxylic acid groups (broad SMARTS) is 1. The molecular weight excluding hydrogens is 354 g/mol. The quantitative estimate of drug-likeness (QED) is 0.474. The highest BCUT2D eigenvalue weighted by Crippen LogP contribution is 2.40. The van der Waals surface area contributed by atoms with E-state index >= 15 is 0 Å². The molecule has 0 aromatic heterocycles. The summed E-state index contributed by atoms with van der Waals surface area (Å²) in [5, 5.41) is 20.2. The molecule has 1 amide bonds. The average Bonchev–Trinajstić information content (AvgIpc) is 3.29. The largest absolute Gasteiger partial charge is 0.481 e. The number of rotatable bonds is 4. The van der Waals surface area contributed by atoms with Gasteiger partial charge in [0.2, 0.25) is 5.91 Å². The molecule has 9 nitrogen and oxygen atoms in total. The first-order chi connectivity index (χ1) is 13.0. The third-order valence-electron chi connectivity index (χ3n) is 5.49. The molecular formula is C18H19N3O6. The van der Waals surface area contributed by atoms with Gasteiger partial charge in [0, 0.05) is 44.0 Å². The van der Waals surface area contributed by atoms with E-state index in [-0.39, 0.29) is 11.6 Å². The zero-order valence-corrected chi connectivity index (χ0v) is 14.4. The number of nitro groups is 1. The monoisotopic (exact) mass is 373 g/mol. The summed E-state index contributed by atoms with van der Waals surface area (Å²) in [7, 11) is 0. The summed E-state index contributed by atoms with van der Waals surface area (Å²) in [5.41, 5.74) is 0.902. The van der Waals surface area contributed by atoms with Gasteiger partial charge in [-0.25, -0.2) is 0 Å². The number of non-ortho nitro benzene ring substituents is 1. The van der Waals surface area contributed by atoms with Crippen molar-refractivity contribution < 1.29 is 24.4 Å². The molecule has 27 heavy (non-hydrogen) atoms. The molecule has 9 heteroatoms. The lowest BCUT2D eigenvalue weighted by Gasteiger charge is -2.38. The number of hydrogen-bond acceptors (Lipinski definition) is 6. The van der Waals surface area contributed by atoms with Crippen molar-refractivity contribution in [2.24, 2.45) is 11.8 Å². The number of benzene rings is 1. The molecule has 2 saturated heterocycles. The molecule has 1 aromatic carbocycles. The van der Waals surface area contributed by atoms with E-state index in [1.165, 1.54) is 12.1 Å². The van der Waals surface area contributed by atoms with Crippen molar-refractivity contribution in [1.29, 1.82) is 0 Å². The third-order valence-corrected chi connectivity index (χ3v) is 5.49. The number of aliphatic carboxylic acids is 1. The molecule has 3 aliphatic heterocycles. The van der Waals surface area contributed by atoms with Crippen LogP contribution in [0.15, 0.2) is 36.4 Å². The maximum atomic E-state index is 12.9. The van der Waals surface area contributed by atoms with Crippen LogP contribution in [-0.4, -0.2) is 65.2 Å². The molecule has 1 aromatic rings. The Kier molecular flexibility index (Phi) is 4.31. The van der Waals surface area contributed by atoms with Crippen LogP contribution in [0, 0.1) is 22.0 Å². The van der Waals surface area contributed by atoms with Gasteiger partial charge in [-0.15, -0.1) is 0 Å². The molecule has 1 N–H and O–H groups in total. The Bertz CT molecular complexity index is 800. The Labute approximate surface area is 155 Å². The van der Waals surface area contributed by atoms with Crippen molar-refractivity contribution >= 4 is 23.3 Å². The van der Waals surface area contributed by atoms with Gasteiger partial charge in [-0.2, -0.15) is 0 Å². The molecule has 0 saturated carbocycles. The second kappa shape index (κ2) is 6.66. The number of carbonyl (C=O) groups is 2. The van der Waals surface area contributed by atoms with Crippen molar-refractivity contribution in [2.45, 2.75) is 12.2 Å². The number of amides is 1. The standard InChI is InChI=1S/C18H19N3O6/c22-17(15-13-5-6-14(27-13)16(15)18(23)24)20-9-7-19(8-10-20)11-1-3-12(4-2-11)21(25)26/h1-6,13-16H,7-10H2,(H,23,24). The smallest absolute Gasteiger partial charge is 0.310 e. The summed E-state index contributed by atoms with van der Waals surface area (Å²) in [6, 6.07) is 6.32. The predicted molar refractivity (Wildman–Crippen MR) is 94.3 cm³/mol. The maximum Gasteiger partial charge on any atom is 0.310 e. The first-order valence-electron chi connectivity index (χ1n) is 8.80. The van der Waals surface area contributed by atoms with E-state index in [0.29, 0.717) is 26.2 Å². The van der Waals surface area contributed by atoms with E-state index in [2.05, 4.69) is 4.90 Å². The van der Waals surface area contributed by atoms with Crippen LogP contribution in [0.25, 0.3) is 0 Å². The summed E-state index contributed by atoms with van der Waals surface area (Å²) in [6.07, 6.45) is 2.51. The number of nitro benzene ring substituents is 1. The molecule has 2 bridgehead atoms. The van der Waals surface area contributed by atoms with Crippen molar-refractivity contribution in [3.8, 4) is 0 Å². The maximum absolute atomic E-state index is 12.9. The average molecular weight is 373 g/mol. The van der Waals surface area contributed by atoms with Gasteiger partial charge in [0.05, 0.1) is 23.0 Å². The number of piperazine rings is 1. The topological polar surface area (TPSA) is 113 Å². The molecule has 4 atom stereocenters. The van der Waals surface area contributed by atoms with Crippen molar-refractivity contribution in [3.63, 3.8) is 0 Å². The van der Waals surface area contributed by atoms with E-state index in [9.17, 15) is 24.8 Å². The molecule has 0 aliphatic carbocycles. The Morgan fingerprint density at radius 1 is 1.04 bits per heavy atom. The number of fused-ring (bicyclic) bond motifs is 2. The van der Waals surface area contributed by atoms with Crippen LogP contribution in [0.2, 0.25) is 0 Å². The minimum Gasteiger partial charge on any atom is -0.481 e. The van der Waals surface area contributed by atoms with Crippen molar-refractivity contribution in [1.82, 2.24) is 4.90 Å². The number of ether oxygens (including phenoxy) is 1. The molecule has 3 aliphatic rings. The van der Waals surface area contributed by atoms with Crippen LogP contribution >= 0.6 is 0 Å². The number of carbonyl (C=O) groups excluding carboxylic acids is 1. The molecule has 2 fully saturated rings. The summed E-state index contributed by atoms with van der Waals surface area (Å²) in [4.78, 5) is 38.5. The van der Waals surface area contributed by atoms with Gasteiger partial charge >= 0.3 is 5.97 Å². The van der Waals surface area contributed by atoms with Crippen LogP contribution in [0.4, 0.5) is 11.4 Å². The second-order valence-corrected chi connectivity index (χ2v) is 6.93. The minimum atomic E-state index is -1.00. The van der Waals surface area contributed by atoms with Gasteiger partial charge in [0.1, 0.15) is 5.92 Å². The van der Waals surface area contributed by atoms with Crippen LogP contribution in [-0.2, 0) is 14.3 Å². The highest BCUT2D eigenvalue weighted by atomic mass is 16.6. The van der Waals surface area contributed by atoms with Crippen LogP contribution in [0.3, 0.4) is 0 Å². The molecule has 142 valence electrons. The lowest BCUT2D eigenvalue weighted by atomic mass is 9.82. The highest BCUT2D eigenvalue weighted by Gasteiger charge is 2.54. The fourth-order valence-electron chi connectivity index (χ4n) is 4.08. The first kappa shape index (κ1) is 17.5. The van der Waals surface area contributed by atoms with Gasteiger partial charge in [-0.05, 0) is 12.1 Å².